The molecule has 0 spiro atoms. The summed E-state index contributed by atoms with van der Waals surface area (Å²) in [6.45, 7) is 0. The zero-order chi connectivity index (χ0) is 15.2. The molecule has 0 aliphatic rings. The summed E-state index contributed by atoms with van der Waals surface area (Å²) < 4.78 is 18.9. The van der Waals surface area contributed by atoms with Crippen LogP contribution < -0.4 is 10.1 Å². The molecule has 0 amide bonds. The molecule has 0 saturated carbocycles. The first-order chi connectivity index (χ1) is 10.1. The fourth-order valence-electron chi connectivity index (χ4n) is 1.78. The van der Waals surface area contributed by atoms with Crippen molar-refractivity contribution < 1.29 is 9.13 Å². The second-order valence-corrected chi connectivity index (χ2v) is 4.61. The van der Waals surface area contributed by atoms with E-state index in [1.54, 1.807) is 19.4 Å². The van der Waals surface area contributed by atoms with Crippen molar-refractivity contribution in [2.24, 2.45) is 0 Å². The summed E-state index contributed by atoms with van der Waals surface area (Å²) in [5.74, 6) is 0.173. The predicted octanol–water partition coefficient (Wildman–Crippen LogP) is 4.44. The summed E-state index contributed by atoms with van der Waals surface area (Å²) in [6.07, 6.45) is 3.05. The first-order valence-corrected chi connectivity index (χ1v) is 6.48. The Balaban J connectivity index is 2.20. The predicted molar refractivity (Wildman–Crippen MR) is 81.8 cm³/mol. The summed E-state index contributed by atoms with van der Waals surface area (Å²) in [6, 6.07) is 11.8. The van der Waals surface area contributed by atoms with Crippen molar-refractivity contribution in [1.29, 1.82) is 5.26 Å². The molecule has 0 saturated heterocycles. The van der Waals surface area contributed by atoms with Crippen molar-refractivity contribution in [3.8, 4) is 11.8 Å². The number of ether oxygens (including phenoxy) is 1. The summed E-state index contributed by atoms with van der Waals surface area (Å²) in [7, 11) is 1.58. The minimum absolute atomic E-state index is 0.184. The van der Waals surface area contributed by atoms with Crippen LogP contribution in [0.3, 0.4) is 0 Å². The molecule has 5 heteroatoms. The first kappa shape index (κ1) is 14.9. The number of halogens is 2. The molecule has 0 unspecified atom stereocenters. The average molecular weight is 303 g/mol. The van der Waals surface area contributed by atoms with Gasteiger partial charge in [0, 0.05) is 28.5 Å². The van der Waals surface area contributed by atoms with E-state index in [0.717, 1.165) is 5.69 Å². The topological polar surface area (TPSA) is 45.0 Å². The van der Waals surface area contributed by atoms with Crippen molar-refractivity contribution >= 4 is 23.4 Å². The van der Waals surface area contributed by atoms with Crippen molar-refractivity contribution in [2.75, 3.05) is 12.4 Å². The third-order valence-corrected chi connectivity index (χ3v) is 3.00. The number of anilines is 1. The van der Waals surface area contributed by atoms with Crippen molar-refractivity contribution in [3.05, 3.63) is 64.6 Å². The Bertz CT molecular complexity index is 723. The van der Waals surface area contributed by atoms with Crippen LogP contribution in [0, 0.1) is 17.1 Å². The van der Waals surface area contributed by atoms with E-state index < -0.39 is 5.82 Å². The van der Waals surface area contributed by atoms with Gasteiger partial charge < -0.3 is 10.1 Å². The highest BCUT2D eigenvalue weighted by Crippen LogP contribution is 2.21. The molecule has 106 valence electrons. The molecule has 1 N–H and O–H groups in total. The Morgan fingerprint density at radius 2 is 2.14 bits per heavy atom. The molecule has 0 aromatic heterocycles. The van der Waals surface area contributed by atoms with Gasteiger partial charge >= 0.3 is 0 Å². The van der Waals surface area contributed by atoms with Crippen LogP contribution in [0.4, 0.5) is 10.1 Å². The highest BCUT2D eigenvalue weighted by Gasteiger charge is 2.07. The summed E-state index contributed by atoms with van der Waals surface area (Å²) >= 11 is 5.72. The number of hydrogen-bond acceptors (Lipinski definition) is 3. The molecule has 2 rings (SSSR count). The van der Waals surface area contributed by atoms with Gasteiger partial charge in [0.2, 0.25) is 0 Å². The number of rotatable bonds is 4. The fourth-order valence-corrected chi connectivity index (χ4v) is 1.99. The molecule has 0 fully saturated rings. The van der Waals surface area contributed by atoms with Crippen LogP contribution in [0.1, 0.15) is 11.1 Å². The summed E-state index contributed by atoms with van der Waals surface area (Å²) in [5.41, 5.74) is 1.17. The number of hydrogen-bond donors (Lipinski definition) is 1. The third-order valence-electron chi connectivity index (χ3n) is 2.78. The SMILES string of the molecule is COc1cccc(NC=Cc2c(F)cc(Cl)cc2C#N)c1. The van der Waals surface area contributed by atoms with Crippen molar-refractivity contribution in [2.45, 2.75) is 0 Å². The Hall–Kier alpha value is -2.51. The molecule has 0 bridgehead atoms. The molecule has 0 heterocycles. The lowest BCUT2D eigenvalue weighted by Gasteiger charge is -2.05. The monoisotopic (exact) mass is 302 g/mol. The molecule has 2 aromatic carbocycles. The second kappa shape index (κ2) is 6.78. The molecule has 21 heavy (non-hydrogen) atoms. The van der Waals surface area contributed by atoms with Gasteiger partial charge in [0.15, 0.2) is 0 Å². The molecule has 0 aliphatic carbocycles. The van der Waals surface area contributed by atoms with Crippen LogP contribution in [0.25, 0.3) is 6.08 Å². The van der Waals surface area contributed by atoms with E-state index in [4.69, 9.17) is 21.6 Å². The smallest absolute Gasteiger partial charge is 0.133 e. The van der Waals surface area contributed by atoms with E-state index in [1.165, 1.54) is 18.2 Å². The van der Waals surface area contributed by atoms with E-state index in [-0.39, 0.29) is 16.1 Å². The summed E-state index contributed by atoms with van der Waals surface area (Å²) in [4.78, 5) is 0. The Labute approximate surface area is 127 Å². The van der Waals surface area contributed by atoms with Crippen LogP contribution in [-0.4, -0.2) is 7.11 Å². The molecule has 0 atom stereocenters. The zero-order valence-electron chi connectivity index (χ0n) is 11.2. The molecular weight excluding hydrogens is 291 g/mol. The van der Waals surface area contributed by atoms with E-state index in [2.05, 4.69) is 5.32 Å². The maximum atomic E-state index is 13.8. The molecule has 0 radical (unpaired) electrons. The Morgan fingerprint density at radius 3 is 2.86 bits per heavy atom. The van der Waals surface area contributed by atoms with E-state index in [0.29, 0.717) is 5.75 Å². The number of methoxy groups -OCH3 is 1. The van der Waals surface area contributed by atoms with Crippen LogP contribution in [0.5, 0.6) is 5.75 Å². The number of nitrogens with zero attached hydrogens (tertiary/aromatic N) is 1. The van der Waals surface area contributed by atoms with Gasteiger partial charge in [0.1, 0.15) is 11.6 Å². The zero-order valence-corrected chi connectivity index (χ0v) is 12.0. The molecule has 3 nitrogen and oxygen atoms in total. The van der Waals surface area contributed by atoms with Gasteiger partial charge in [-0.15, -0.1) is 0 Å². The fraction of sp³-hybridized carbons (Fsp3) is 0.0625. The lowest BCUT2D eigenvalue weighted by molar-refractivity contribution is 0.415. The number of nitrogens with one attached hydrogen (secondary N) is 1. The number of nitriles is 1. The molecule has 2 aromatic rings. The standard InChI is InChI=1S/C16H12ClFN2O/c1-21-14-4-2-3-13(9-14)20-6-5-15-11(10-19)7-12(17)8-16(15)18/h2-9,20H,1H3. The van der Waals surface area contributed by atoms with Gasteiger partial charge in [-0.2, -0.15) is 5.26 Å². The second-order valence-electron chi connectivity index (χ2n) is 4.17. The maximum Gasteiger partial charge on any atom is 0.133 e. The van der Waals surface area contributed by atoms with Crippen LogP contribution in [0.2, 0.25) is 5.02 Å². The highest BCUT2D eigenvalue weighted by atomic mass is 35.5. The van der Waals surface area contributed by atoms with Crippen molar-refractivity contribution in [1.82, 2.24) is 0 Å². The minimum Gasteiger partial charge on any atom is -0.497 e. The maximum absolute atomic E-state index is 13.8. The normalized spacial score (nSPS) is 10.4. The summed E-state index contributed by atoms with van der Waals surface area (Å²) in [5, 5.41) is 12.2. The van der Waals surface area contributed by atoms with Crippen LogP contribution >= 0.6 is 11.6 Å². The van der Waals surface area contributed by atoms with Gasteiger partial charge in [0.25, 0.3) is 0 Å². The van der Waals surface area contributed by atoms with Gasteiger partial charge in [-0.25, -0.2) is 4.39 Å². The van der Waals surface area contributed by atoms with Crippen LogP contribution in [0.15, 0.2) is 42.6 Å². The van der Waals surface area contributed by atoms with Gasteiger partial charge in [-0.05, 0) is 30.3 Å². The minimum atomic E-state index is -0.539. The average Bonchev–Trinajstić information content (AvgIpc) is 2.49. The third kappa shape index (κ3) is 3.74. The van der Waals surface area contributed by atoms with Crippen molar-refractivity contribution in [3.63, 3.8) is 0 Å². The molecule has 0 aliphatic heterocycles. The van der Waals surface area contributed by atoms with E-state index in [1.807, 2.05) is 24.3 Å². The Kier molecular flexibility index (Phi) is 4.81. The first-order valence-electron chi connectivity index (χ1n) is 6.10. The van der Waals surface area contributed by atoms with Gasteiger partial charge in [0.05, 0.1) is 18.7 Å². The number of benzene rings is 2. The quantitative estimate of drug-likeness (QED) is 0.908. The molecular formula is C16H12ClFN2O. The lowest BCUT2D eigenvalue weighted by Crippen LogP contribution is -1.92. The van der Waals surface area contributed by atoms with Gasteiger partial charge in [-0.3, -0.25) is 0 Å². The lowest BCUT2D eigenvalue weighted by atomic mass is 10.1. The largest absolute Gasteiger partial charge is 0.497 e. The van der Waals surface area contributed by atoms with E-state index >= 15 is 0 Å². The van der Waals surface area contributed by atoms with Gasteiger partial charge in [-0.1, -0.05) is 17.7 Å². The van der Waals surface area contributed by atoms with E-state index in [9.17, 15) is 4.39 Å². The highest BCUT2D eigenvalue weighted by molar-refractivity contribution is 6.30. The Morgan fingerprint density at radius 1 is 1.33 bits per heavy atom. The van der Waals surface area contributed by atoms with Crippen LogP contribution in [-0.2, 0) is 0 Å².